The highest BCUT2D eigenvalue weighted by atomic mass is 32.2. The van der Waals surface area contributed by atoms with E-state index < -0.39 is 10.8 Å². The average Bonchev–Trinajstić information content (AvgIpc) is 2.63. The zero-order chi connectivity index (χ0) is 7.56. The molecule has 1 fully saturated rings. The maximum atomic E-state index is 10.8. The molecule has 2 atom stereocenters. The molecule has 0 saturated heterocycles. The molecule has 0 aromatic carbocycles. The van der Waals surface area contributed by atoms with Gasteiger partial charge in [0, 0.05) is 28.9 Å². The van der Waals surface area contributed by atoms with Crippen molar-refractivity contribution < 1.29 is 4.21 Å². The van der Waals surface area contributed by atoms with Gasteiger partial charge in [-0.15, -0.1) is 0 Å². The van der Waals surface area contributed by atoms with E-state index in [1.165, 1.54) is 12.8 Å². The molecule has 0 bridgehead atoms. The van der Waals surface area contributed by atoms with Crippen molar-refractivity contribution in [2.45, 2.75) is 18.9 Å². The maximum absolute atomic E-state index is 10.8. The van der Waals surface area contributed by atoms with Crippen molar-refractivity contribution in [3.05, 3.63) is 0 Å². The molecule has 0 aromatic rings. The van der Waals surface area contributed by atoms with E-state index in [2.05, 4.69) is 5.32 Å². The van der Waals surface area contributed by atoms with Crippen molar-refractivity contribution in [3.63, 3.8) is 0 Å². The fourth-order valence-corrected chi connectivity index (χ4v) is 2.15. The fraction of sp³-hybridized carbons (Fsp3) is 1.00. The van der Waals surface area contributed by atoms with Crippen LogP contribution in [0, 0.1) is 5.92 Å². The van der Waals surface area contributed by atoms with Gasteiger partial charge in [-0.05, 0) is 25.8 Å². The SMILES string of the molecule is CNC(CS(C)=O)C1CC1. The Balaban J connectivity index is 2.25. The predicted octanol–water partition coefficient (Wildman–Crippen LogP) is 0.363. The topological polar surface area (TPSA) is 29.1 Å². The van der Waals surface area contributed by atoms with E-state index in [0.29, 0.717) is 6.04 Å². The number of nitrogens with one attached hydrogen (secondary N) is 1. The van der Waals surface area contributed by atoms with Gasteiger partial charge in [0.1, 0.15) is 0 Å². The van der Waals surface area contributed by atoms with E-state index in [1.807, 2.05) is 7.05 Å². The molecular formula is C7H15NOS. The van der Waals surface area contributed by atoms with Crippen LogP contribution in [-0.2, 0) is 10.8 Å². The molecule has 0 amide bonds. The summed E-state index contributed by atoms with van der Waals surface area (Å²) in [5, 5.41) is 3.20. The lowest BCUT2D eigenvalue weighted by Gasteiger charge is -2.12. The molecule has 1 rings (SSSR count). The zero-order valence-electron chi connectivity index (χ0n) is 6.59. The molecule has 2 nitrogen and oxygen atoms in total. The predicted molar refractivity (Wildman–Crippen MR) is 44.5 cm³/mol. The van der Waals surface area contributed by atoms with E-state index in [9.17, 15) is 4.21 Å². The Morgan fingerprint density at radius 2 is 2.30 bits per heavy atom. The van der Waals surface area contributed by atoms with E-state index >= 15 is 0 Å². The van der Waals surface area contributed by atoms with Crippen molar-refractivity contribution in [2.24, 2.45) is 5.92 Å². The Kier molecular flexibility index (Phi) is 2.86. The van der Waals surface area contributed by atoms with Crippen LogP contribution < -0.4 is 5.32 Å². The molecule has 2 unspecified atom stereocenters. The van der Waals surface area contributed by atoms with Crippen LogP contribution in [0.4, 0.5) is 0 Å². The lowest BCUT2D eigenvalue weighted by atomic mass is 10.2. The Bertz CT molecular complexity index is 134. The molecule has 0 radical (unpaired) electrons. The van der Waals surface area contributed by atoms with Gasteiger partial charge >= 0.3 is 0 Å². The van der Waals surface area contributed by atoms with Crippen LogP contribution in [0.5, 0.6) is 0 Å². The standard InChI is InChI=1S/C7H15NOS/c1-8-7(5-10(2)9)6-3-4-6/h6-8H,3-5H2,1-2H3. The first-order chi connectivity index (χ1) is 4.74. The second-order valence-corrected chi connectivity index (χ2v) is 4.45. The van der Waals surface area contributed by atoms with E-state index in [-0.39, 0.29) is 0 Å². The third kappa shape index (κ3) is 2.39. The molecule has 1 N–H and O–H groups in total. The maximum Gasteiger partial charge on any atom is 0.0388 e. The highest BCUT2D eigenvalue weighted by molar-refractivity contribution is 7.84. The summed E-state index contributed by atoms with van der Waals surface area (Å²) < 4.78 is 10.8. The van der Waals surface area contributed by atoms with Crippen LogP contribution in [0.1, 0.15) is 12.8 Å². The second-order valence-electron chi connectivity index (χ2n) is 2.97. The molecule has 0 aromatic heterocycles. The number of hydrogen-bond acceptors (Lipinski definition) is 2. The van der Waals surface area contributed by atoms with Crippen LogP contribution in [-0.4, -0.2) is 29.3 Å². The van der Waals surface area contributed by atoms with Gasteiger partial charge in [0.05, 0.1) is 0 Å². The molecule has 60 valence electrons. The minimum atomic E-state index is -0.639. The van der Waals surface area contributed by atoms with Gasteiger partial charge < -0.3 is 5.32 Å². The molecule has 1 saturated carbocycles. The van der Waals surface area contributed by atoms with Crippen molar-refractivity contribution in [1.82, 2.24) is 5.32 Å². The first kappa shape index (κ1) is 8.21. The molecule has 0 spiro atoms. The molecular weight excluding hydrogens is 146 g/mol. The second kappa shape index (κ2) is 3.49. The van der Waals surface area contributed by atoms with E-state index in [0.717, 1.165) is 11.7 Å². The highest BCUT2D eigenvalue weighted by Gasteiger charge is 2.30. The summed E-state index contributed by atoms with van der Waals surface area (Å²) in [7, 11) is 1.32. The van der Waals surface area contributed by atoms with Crippen LogP contribution in [0.25, 0.3) is 0 Å². The summed E-state index contributed by atoms with van der Waals surface area (Å²) in [6.45, 7) is 0. The lowest BCUT2D eigenvalue weighted by molar-refractivity contribution is 0.547. The summed E-state index contributed by atoms with van der Waals surface area (Å²) in [5.74, 6) is 1.63. The normalized spacial score (nSPS) is 24.2. The van der Waals surface area contributed by atoms with Crippen molar-refractivity contribution in [2.75, 3.05) is 19.1 Å². The minimum absolute atomic E-state index is 0.505. The van der Waals surface area contributed by atoms with Crippen molar-refractivity contribution in [3.8, 4) is 0 Å². The molecule has 1 aliphatic carbocycles. The molecule has 1 aliphatic rings. The first-order valence-electron chi connectivity index (χ1n) is 3.71. The Morgan fingerprint density at radius 3 is 2.60 bits per heavy atom. The third-order valence-electron chi connectivity index (χ3n) is 1.98. The number of rotatable bonds is 4. The van der Waals surface area contributed by atoms with Crippen LogP contribution in [0.15, 0.2) is 0 Å². The van der Waals surface area contributed by atoms with Crippen molar-refractivity contribution in [1.29, 1.82) is 0 Å². The fourth-order valence-electron chi connectivity index (χ4n) is 1.21. The van der Waals surface area contributed by atoms with Gasteiger partial charge in [0.25, 0.3) is 0 Å². The van der Waals surface area contributed by atoms with Crippen LogP contribution in [0.2, 0.25) is 0 Å². The van der Waals surface area contributed by atoms with Gasteiger partial charge in [-0.3, -0.25) is 4.21 Å². The summed E-state index contributed by atoms with van der Waals surface area (Å²) in [6.07, 6.45) is 4.41. The van der Waals surface area contributed by atoms with Gasteiger partial charge in [0.15, 0.2) is 0 Å². The monoisotopic (exact) mass is 161 g/mol. The zero-order valence-corrected chi connectivity index (χ0v) is 7.41. The van der Waals surface area contributed by atoms with E-state index in [4.69, 9.17) is 0 Å². The Morgan fingerprint density at radius 1 is 1.70 bits per heavy atom. The van der Waals surface area contributed by atoms with Gasteiger partial charge in [0.2, 0.25) is 0 Å². The van der Waals surface area contributed by atoms with E-state index in [1.54, 1.807) is 6.26 Å². The molecule has 10 heavy (non-hydrogen) atoms. The number of hydrogen-bond donors (Lipinski definition) is 1. The van der Waals surface area contributed by atoms with Crippen LogP contribution in [0.3, 0.4) is 0 Å². The summed E-state index contributed by atoms with van der Waals surface area (Å²) in [6, 6.07) is 0.505. The lowest BCUT2D eigenvalue weighted by Crippen LogP contribution is -2.32. The minimum Gasteiger partial charge on any atom is -0.316 e. The average molecular weight is 161 g/mol. The van der Waals surface area contributed by atoms with Gasteiger partial charge in [-0.25, -0.2) is 0 Å². The quantitative estimate of drug-likeness (QED) is 0.645. The van der Waals surface area contributed by atoms with Crippen molar-refractivity contribution >= 4 is 10.8 Å². The smallest absolute Gasteiger partial charge is 0.0388 e. The first-order valence-corrected chi connectivity index (χ1v) is 5.44. The Labute approximate surface area is 64.8 Å². The highest BCUT2D eigenvalue weighted by Crippen LogP contribution is 2.32. The van der Waals surface area contributed by atoms with Gasteiger partial charge in [-0.2, -0.15) is 0 Å². The molecule has 0 heterocycles. The summed E-state index contributed by atoms with van der Waals surface area (Å²) >= 11 is 0. The molecule has 3 heteroatoms. The largest absolute Gasteiger partial charge is 0.316 e. The summed E-state index contributed by atoms with van der Waals surface area (Å²) in [4.78, 5) is 0. The third-order valence-corrected chi connectivity index (χ3v) is 2.80. The summed E-state index contributed by atoms with van der Waals surface area (Å²) in [5.41, 5.74) is 0. The van der Waals surface area contributed by atoms with Crippen LogP contribution >= 0.6 is 0 Å². The Hall–Kier alpha value is 0.110. The van der Waals surface area contributed by atoms with Gasteiger partial charge in [-0.1, -0.05) is 0 Å². The molecule has 0 aliphatic heterocycles.